The lowest BCUT2D eigenvalue weighted by Gasteiger charge is -2.24. The Bertz CT molecular complexity index is 1700. The van der Waals surface area contributed by atoms with Crippen LogP contribution in [-0.2, 0) is 16.8 Å². The van der Waals surface area contributed by atoms with Crippen LogP contribution in [0.2, 0.25) is 0 Å². The van der Waals surface area contributed by atoms with Crippen molar-refractivity contribution in [2.45, 2.75) is 39.2 Å². The lowest BCUT2D eigenvalue weighted by atomic mass is 9.89. The molecule has 1 atom stereocenters. The van der Waals surface area contributed by atoms with E-state index in [0.717, 1.165) is 44.6 Å². The van der Waals surface area contributed by atoms with Crippen molar-refractivity contribution in [3.8, 4) is 22.3 Å². The number of nitrogens with one attached hydrogen (secondary N) is 3. The molecule has 0 spiro atoms. The van der Waals surface area contributed by atoms with Crippen molar-refractivity contribution >= 4 is 28.3 Å². The molecule has 5 aromatic rings. The number of pyridine rings is 3. The standard InChI is InChI=1S/C30H28FN7O/c1-17(2)8-27(39)35-22-9-19(12-32-14-22)20-10-23-28(37-38-29(23)34-13-20)30(3)11-24-25(15-33-16-26(24)36-30)18-4-6-21(31)7-5-18/h4-7,9-10,12-17,36H,8,11H2,1-3H3,(H,35,39)(H,34,37,38). The second kappa shape index (κ2) is 9.58. The van der Waals surface area contributed by atoms with Crippen LogP contribution in [0.1, 0.15) is 38.4 Å². The number of H-pyrrole nitrogens is 1. The molecule has 6 rings (SSSR count). The number of anilines is 2. The molecule has 8 nitrogen and oxygen atoms in total. The quantitative estimate of drug-likeness (QED) is 0.250. The second-order valence-electron chi connectivity index (χ2n) is 10.7. The molecule has 1 aromatic carbocycles. The van der Waals surface area contributed by atoms with E-state index in [-0.39, 0.29) is 17.6 Å². The molecule has 0 fully saturated rings. The number of rotatable bonds is 6. The highest BCUT2D eigenvalue weighted by molar-refractivity contribution is 5.92. The van der Waals surface area contributed by atoms with Gasteiger partial charge in [0.25, 0.3) is 0 Å². The van der Waals surface area contributed by atoms with Crippen molar-refractivity contribution in [2.75, 3.05) is 10.6 Å². The minimum Gasteiger partial charge on any atom is -0.372 e. The highest BCUT2D eigenvalue weighted by Gasteiger charge is 2.38. The molecule has 1 unspecified atom stereocenters. The van der Waals surface area contributed by atoms with Crippen LogP contribution >= 0.6 is 0 Å². The number of nitrogens with zero attached hydrogens (tertiary/aromatic N) is 4. The SMILES string of the molecule is CC(C)CC(=O)Nc1cncc(-c2cnc3n[nH]c(C4(C)Cc5c(cncc5-c5ccc(F)cc5)N4)c3c2)c1. The first-order valence-corrected chi connectivity index (χ1v) is 12.9. The van der Waals surface area contributed by atoms with Crippen molar-refractivity contribution in [3.05, 3.63) is 84.5 Å². The summed E-state index contributed by atoms with van der Waals surface area (Å²) in [6.07, 6.45) is 9.93. The Labute approximate surface area is 225 Å². The third-order valence-corrected chi connectivity index (χ3v) is 7.06. The summed E-state index contributed by atoms with van der Waals surface area (Å²) in [6.45, 7) is 6.14. The zero-order valence-electron chi connectivity index (χ0n) is 21.9. The number of carbonyl (C=O) groups excluding carboxylic acids is 1. The molecule has 1 amide bonds. The Morgan fingerprint density at radius 3 is 2.59 bits per heavy atom. The van der Waals surface area contributed by atoms with E-state index in [4.69, 9.17) is 0 Å². The van der Waals surface area contributed by atoms with Crippen LogP contribution in [0.25, 0.3) is 33.3 Å². The maximum atomic E-state index is 13.5. The van der Waals surface area contributed by atoms with Gasteiger partial charge in [0.1, 0.15) is 5.82 Å². The Morgan fingerprint density at radius 1 is 1.03 bits per heavy atom. The molecule has 1 aliphatic heterocycles. The number of fused-ring (bicyclic) bond motifs is 2. The van der Waals surface area contributed by atoms with Gasteiger partial charge in [-0.25, -0.2) is 9.37 Å². The zero-order valence-corrected chi connectivity index (χ0v) is 21.9. The fourth-order valence-corrected chi connectivity index (χ4v) is 5.24. The van der Waals surface area contributed by atoms with Gasteiger partial charge in [0.05, 0.1) is 35.0 Å². The van der Waals surface area contributed by atoms with E-state index in [1.54, 1.807) is 30.7 Å². The van der Waals surface area contributed by atoms with E-state index in [1.807, 2.05) is 38.4 Å². The lowest BCUT2D eigenvalue weighted by Crippen LogP contribution is -2.29. The van der Waals surface area contributed by atoms with Crippen LogP contribution in [0.3, 0.4) is 0 Å². The Balaban J connectivity index is 1.33. The molecular formula is C30H28FN7O. The number of benzene rings is 1. The maximum absolute atomic E-state index is 13.5. The van der Waals surface area contributed by atoms with Crippen LogP contribution < -0.4 is 10.6 Å². The van der Waals surface area contributed by atoms with Gasteiger partial charge in [0.2, 0.25) is 5.91 Å². The number of carbonyl (C=O) groups is 1. The molecule has 39 heavy (non-hydrogen) atoms. The summed E-state index contributed by atoms with van der Waals surface area (Å²) in [5.41, 5.74) is 7.29. The number of aromatic nitrogens is 5. The van der Waals surface area contributed by atoms with Crippen molar-refractivity contribution < 1.29 is 9.18 Å². The Kier molecular flexibility index (Phi) is 6.06. The molecule has 3 N–H and O–H groups in total. The van der Waals surface area contributed by atoms with Crippen LogP contribution in [-0.4, -0.2) is 31.1 Å². The van der Waals surface area contributed by atoms with Gasteiger partial charge in [-0.1, -0.05) is 26.0 Å². The van der Waals surface area contributed by atoms with Gasteiger partial charge in [0, 0.05) is 53.5 Å². The number of halogens is 1. The normalized spacial score (nSPS) is 16.3. The van der Waals surface area contributed by atoms with Crippen molar-refractivity contribution in [1.82, 2.24) is 25.1 Å². The van der Waals surface area contributed by atoms with Gasteiger partial charge in [-0.05, 0) is 48.2 Å². The average molecular weight is 522 g/mol. The summed E-state index contributed by atoms with van der Waals surface area (Å²) in [4.78, 5) is 25.6. The molecule has 1 aliphatic rings. The number of amides is 1. The summed E-state index contributed by atoms with van der Waals surface area (Å²) in [7, 11) is 0. The van der Waals surface area contributed by atoms with E-state index < -0.39 is 5.54 Å². The van der Waals surface area contributed by atoms with Crippen molar-refractivity contribution in [1.29, 1.82) is 0 Å². The first-order chi connectivity index (χ1) is 18.8. The fourth-order valence-electron chi connectivity index (χ4n) is 5.24. The molecule has 0 saturated carbocycles. The molecule has 0 radical (unpaired) electrons. The zero-order chi connectivity index (χ0) is 27.1. The van der Waals surface area contributed by atoms with Gasteiger partial charge >= 0.3 is 0 Å². The van der Waals surface area contributed by atoms with Gasteiger partial charge in [0.15, 0.2) is 5.65 Å². The molecular weight excluding hydrogens is 493 g/mol. The molecule has 5 heterocycles. The summed E-state index contributed by atoms with van der Waals surface area (Å²) >= 11 is 0. The van der Waals surface area contributed by atoms with E-state index >= 15 is 0 Å². The van der Waals surface area contributed by atoms with Gasteiger partial charge in [-0.2, -0.15) is 5.10 Å². The largest absolute Gasteiger partial charge is 0.372 e. The summed E-state index contributed by atoms with van der Waals surface area (Å²) in [5.74, 6) is -0.0383. The topological polar surface area (TPSA) is 108 Å². The van der Waals surface area contributed by atoms with Gasteiger partial charge in [-0.3, -0.25) is 19.9 Å². The summed E-state index contributed by atoms with van der Waals surface area (Å²) < 4.78 is 13.5. The minimum absolute atomic E-state index is 0.0380. The van der Waals surface area contributed by atoms with E-state index in [2.05, 4.69) is 42.7 Å². The number of aromatic amines is 1. The molecule has 0 aliphatic carbocycles. The molecule has 0 bridgehead atoms. The van der Waals surface area contributed by atoms with E-state index in [0.29, 0.717) is 24.2 Å². The third-order valence-electron chi connectivity index (χ3n) is 7.06. The minimum atomic E-state index is -0.500. The monoisotopic (exact) mass is 521 g/mol. The average Bonchev–Trinajstić information content (AvgIpc) is 3.49. The highest BCUT2D eigenvalue weighted by atomic mass is 19.1. The predicted molar refractivity (Wildman–Crippen MR) is 150 cm³/mol. The third kappa shape index (κ3) is 4.71. The van der Waals surface area contributed by atoms with Crippen LogP contribution in [0.15, 0.2) is 67.4 Å². The summed E-state index contributed by atoms with van der Waals surface area (Å²) in [6, 6.07) is 10.4. The van der Waals surface area contributed by atoms with Gasteiger partial charge in [-0.15, -0.1) is 0 Å². The fraction of sp³-hybridized carbons (Fsp3) is 0.233. The molecule has 196 valence electrons. The first-order valence-electron chi connectivity index (χ1n) is 12.9. The highest BCUT2D eigenvalue weighted by Crippen LogP contribution is 2.44. The maximum Gasteiger partial charge on any atom is 0.224 e. The lowest BCUT2D eigenvalue weighted by molar-refractivity contribution is -0.116. The van der Waals surface area contributed by atoms with Crippen LogP contribution in [0.5, 0.6) is 0 Å². The summed E-state index contributed by atoms with van der Waals surface area (Å²) in [5, 5.41) is 15.1. The van der Waals surface area contributed by atoms with Gasteiger partial charge < -0.3 is 10.6 Å². The van der Waals surface area contributed by atoms with Crippen LogP contribution in [0.4, 0.5) is 15.8 Å². The molecule has 9 heteroatoms. The van der Waals surface area contributed by atoms with Crippen molar-refractivity contribution in [2.24, 2.45) is 5.92 Å². The second-order valence-corrected chi connectivity index (χ2v) is 10.7. The molecule has 4 aromatic heterocycles. The smallest absolute Gasteiger partial charge is 0.224 e. The van der Waals surface area contributed by atoms with E-state index in [1.165, 1.54) is 12.1 Å². The van der Waals surface area contributed by atoms with Crippen LogP contribution in [0, 0.1) is 11.7 Å². The Hall–Kier alpha value is -4.66. The Morgan fingerprint density at radius 2 is 1.79 bits per heavy atom. The first kappa shape index (κ1) is 24.7. The van der Waals surface area contributed by atoms with E-state index in [9.17, 15) is 9.18 Å². The number of hydrogen-bond acceptors (Lipinski definition) is 6. The predicted octanol–water partition coefficient (Wildman–Crippen LogP) is 6.09. The molecule has 0 saturated heterocycles. The van der Waals surface area contributed by atoms with Crippen molar-refractivity contribution in [3.63, 3.8) is 0 Å². The number of hydrogen-bond donors (Lipinski definition) is 3.